The fourth-order valence-electron chi connectivity index (χ4n) is 2.41. The molecule has 126 valence electrons. The maximum Gasteiger partial charge on any atom is 0.353 e. The second kappa shape index (κ2) is 6.91. The standard InChI is InChI=1S/C17H16N6O2/c1-3-9-18-16-15(23(24)25)17(20-10-19-16)22-13-6-4-5-12-8-7-11(2)21-14(12)13/h3-8,10H,1,9H2,2H3,(H2,18,19,20,22). The van der Waals surface area contributed by atoms with Gasteiger partial charge >= 0.3 is 5.69 Å². The summed E-state index contributed by atoms with van der Waals surface area (Å²) in [6.07, 6.45) is 2.86. The molecule has 8 heteroatoms. The summed E-state index contributed by atoms with van der Waals surface area (Å²) in [5, 5.41) is 18.3. The van der Waals surface area contributed by atoms with Gasteiger partial charge in [0, 0.05) is 17.6 Å². The van der Waals surface area contributed by atoms with E-state index in [9.17, 15) is 10.1 Å². The summed E-state index contributed by atoms with van der Waals surface area (Å²) in [6, 6.07) is 9.45. The van der Waals surface area contributed by atoms with Gasteiger partial charge in [-0.2, -0.15) is 0 Å². The zero-order valence-electron chi connectivity index (χ0n) is 13.6. The van der Waals surface area contributed by atoms with E-state index in [0.29, 0.717) is 12.2 Å². The Labute approximate surface area is 143 Å². The third-order valence-corrected chi connectivity index (χ3v) is 3.53. The number of anilines is 3. The molecule has 0 saturated heterocycles. The zero-order valence-corrected chi connectivity index (χ0v) is 13.6. The number of pyridine rings is 1. The van der Waals surface area contributed by atoms with E-state index in [1.807, 2.05) is 31.2 Å². The van der Waals surface area contributed by atoms with Crippen molar-refractivity contribution in [3.05, 3.63) is 65.1 Å². The fraction of sp³-hybridized carbons (Fsp3) is 0.118. The van der Waals surface area contributed by atoms with Crippen LogP contribution in [-0.4, -0.2) is 26.4 Å². The van der Waals surface area contributed by atoms with Crippen molar-refractivity contribution in [2.45, 2.75) is 6.92 Å². The van der Waals surface area contributed by atoms with Crippen LogP contribution in [0, 0.1) is 17.0 Å². The number of fused-ring (bicyclic) bond motifs is 1. The lowest BCUT2D eigenvalue weighted by atomic mass is 10.1. The molecule has 3 rings (SSSR count). The third-order valence-electron chi connectivity index (χ3n) is 3.53. The van der Waals surface area contributed by atoms with E-state index in [1.54, 1.807) is 12.1 Å². The second-order valence-electron chi connectivity index (χ2n) is 5.30. The predicted octanol–water partition coefficient (Wildman–Crippen LogP) is 3.58. The first kappa shape index (κ1) is 16.3. The van der Waals surface area contributed by atoms with E-state index < -0.39 is 4.92 Å². The van der Waals surface area contributed by atoms with Gasteiger partial charge in [-0.05, 0) is 19.1 Å². The van der Waals surface area contributed by atoms with Crippen LogP contribution in [0.3, 0.4) is 0 Å². The number of hydrogen-bond donors (Lipinski definition) is 2. The van der Waals surface area contributed by atoms with Gasteiger partial charge in [-0.1, -0.05) is 24.3 Å². The van der Waals surface area contributed by atoms with Gasteiger partial charge in [-0.15, -0.1) is 6.58 Å². The lowest BCUT2D eigenvalue weighted by molar-refractivity contribution is -0.383. The molecule has 0 saturated carbocycles. The van der Waals surface area contributed by atoms with Crippen molar-refractivity contribution in [1.82, 2.24) is 15.0 Å². The maximum absolute atomic E-state index is 11.5. The molecular weight excluding hydrogens is 320 g/mol. The molecular formula is C17H16N6O2. The molecule has 2 heterocycles. The summed E-state index contributed by atoms with van der Waals surface area (Å²) in [5.74, 6) is 0.231. The molecule has 25 heavy (non-hydrogen) atoms. The third kappa shape index (κ3) is 3.37. The number of aromatic nitrogens is 3. The lowest BCUT2D eigenvalue weighted by Crippen LogP contribution is -2.08. The van der Waals surface area contributed by atoms with Crippen molar-refractivity contribution in [2.24, 2.45) is 0 Å². The minimum absolute atomic E-state index is 0.0994. The number of para-hydroxylation sites is 1. The summed E-state index contributed by atoms with van der Waals surface area (Å²) >= 11 is 0. The van der Waals surface area contributed by atoms with E-state index in [-0.39, 0.29) is 17.3 Å². The Balaban J connectivity index is 2.08. The van der Waals surface area contributed by atoms with Crippen LogP contribution in [0.15, 0.2) is 49.3 Å². The number of rotatable bonds is 6. The SMILES string of the molecule is C=CCNc1ncnc(Nc2cccc3ccc(C)nc23)c1[N+](=O)[O-]. The van der Waals surface area contributed by atoms with Gasteiger partial charge in [-0.25, -0.2) is 9.97 Å². The Hall–Kier alpha value is -3.55. The summed E-state index contributed by atoms with van der Waals surface area (Å²) in [6.45, 7) is 5.83. The smallest absolute Gasteiger partial charge is 0.353 e. The average molecular weight is 336 g/mol. The molecule has 0 atom stereocenters. The molecule has 2 aromatic heterocycles. The van der Waals surface area contributed by atoms with Crippen LogP contribution in [0.4, 0.5) is 23.0 Å². The molecule has 0 unspecified atom stereocenters. The molecule has 0 aliphatic heterocycles. The van der Waals surface area contributed by atoms with E-state index >= 15 is 0 Å². The van der Waals surface area contributed by atoms with E-state index in [1.165, 1.54) is 6.33 Å². The number of aryl methyl sites for hydroxylation is 1. The monoisotopic (exact) mass is 336 g/mol. The highest BCUT2D eigenvalue weighted by Gasteiger charge is 2.23. The molecule has 3 aromatic rings. The molecule has 0 aliphatic rings. The molecule has 8 nitrogen and oxygen atoms in total. The molecule has 0 spiro atoms. The molecule has 0 amide bonds. The number of nitrogens with one attached hydrogen (secondary N) is 2. The van der Waals surface area contributed by atoms with Crippen molar-refractivity contribution in [3.8, 4) is 0 Å². The molecule has 2 N–H and O–H groups in total. The Kier molecular flexibility index (Phi) is 4.51. The maximum atomic E-state index is 11.5. The fourth-order valence-corrected chi connectivity index (χ4v) is 2.41. The Morgan fingerprint density at radius 1 is 1.24 bits per heavy atom. The molecule has 0 aliphatic carbocycles. The first-order valence-electron chi connectivity index (χ1n) is 7.57. The second-order valence-corrected chi connectivity index (χ2v) is 5.30. The Morgan fingerprint density at radius 3 is 2.80 bits per heavy atom. The summed E-state index contributed by atoms with van der Waals surface area (Å²) in [4.78, 5) is 23.5. The number of nitrogens with zero attached hydrogens (tertiary/aromatic N) is 4. The minimum Gasteiger partial charge on any atom is -0.361 e. The average Bonchev–Trinajstić information content (AvgIpc) is 2.60. The number of benzene rings is 1. The zero-order chi connectivity index (χ0) is 17.8. The summed E-state index contributed by atoms with van der Waals surface area (Å²) in [5.41, 5.74) is 1.98. The van der Waals surface area contributed by atoms with Crippen LogP contribution in [0.25, 0.3) is 10.9 Å². The van der Waals surface area contributed by atoms with Crippen LogP contribution in [0.5, 0.6) is 0 Å². The van der Waals surface area contributed by atoms with E-state index in [4.69, 9.17) is 0 Å². The van der Waals surface area contributed by atoms with Gasteiger partial charge in [0.05, 0.1) is 16.1 Å². The predicted molar refractivity (Wildman–Crippen MR) is 97.1 cm³/mol. The molecule has 0 fully saturated rings. The molecule has 0 bridgehead atoms. The van der Waals surface area contributed by atoms with Crippen molar-refractivity contribution < 1.29 is 4.92 Å². The first-order chi connectivity index (χ1) is 12.1. The largest absolute Gasteiger partial charge is 0.361 e. The van der Waals surface area contributed by atoms with Gasteiger partial charge in [0.1, 0.15) is 6.33 Å². The van der Waals surface area contributed by atoms with Crippen molar-refractivity contribution in [1.29, 1.82) is 0 Å². The topological polar surface area (TPSA) is 106 Å². The van der Waals surface area contributed by atoms with Crippen LogP contribution in [0.2, 0.25) is 0 Å². The van der Waals surface area contributed by atoms with Crippen LogP contribution in [-0.2, 0) is 0 Å². The highest BCUT2D eigenvalue weighted by molar-refractivity contribution is 5.93. The van der Waals surface area contributed by atoms with Crippen LogP contribution < -0.4 is 10.6 Å². The normalized spacial score (nSPS) is 10.4. The highest BCUT2D eigenvalue weighted by atomic mass is 16.6. The van der Waals surface area contributed by atoms with Crippen LogP contribution in [0.1, 0.15) is 5.69 Å². The first-order valence-corrected chi connectivity index (χ1v) is 7.57. The lowest BCUT2D eigenvalue weighted by Gasteiger charge is -2.11. The molecule has 0 radical (unpaired) electrons. The Bertz CT molecular complexity index is 957. The summed E-state index contributed by atoms with van der Waals surface area (Å²) < 4.78 is 0. The van der Waals surface area contributed by atoms with Gasteiger partial charge in [0.2, 0.25) is 11.6 Å². The minimum atomic E-state index is -0.516. The van der Waals surface area contributed by atoms with Gasteiger partial charge in [0.15, 0.2) is 0 Å². The highest BCUT2D eigenvalue weighted by Crippen LogP contribution is 2.33. The van der Waals surface area contributed by atoms with Crippen molar-refractivity contribution >= 4 is 33.9 Å². The Morgan fingerprint density at radius 2 is 2.04 bits per heavy atom. The van der Waals surface area contributed by atoms with Crippen molar-refractivity contribution in [3.63, 3.8) is 0 Å². The quantitative estimate of drug-likeness (QED) is 0.402. The van der Waals surface area contributed by atoms with Gasteiger partial charge in [-0.3, -0.25) is 15.1 Å². The van der Waals surface area contributed by atoms with Gasteiger partial charge in [0.25, 0.3) is 0 Å². The number of hydrogen-bond acceptors (Lipinski definition) is 7. The summed E-state index contributed by atoms with van der Waals surface area (Å²) in [7, 11) is 0. The van der Waals surface area contributed by atoms with Crippen LogP contribution >= 0.6 is 0 Å². The van der Waals surface area contributed by atoms with Gasteiger partial charge < -0.3 is 10.6 Å². The van der Waals surface area contributed by atoms with E-state index in [2.05, 4.69) is 32.2 Å². The van der Waals surface area contributed by atoms with E-state index in [0.717, 1.165) is 16.6 Å². The molecule has 1 aromatic carbocycles. The van der Waals surface area contributed by atoms with Crippen molar-refractivity contribution in [2.75, 3.05) is 17.2 Å². The number of nitro groups is 1.